The van der Waals surface area contributed by atoms with Crippen LogP contribution in [-0.2, 0) is 0 Å². The Morgan fingerprint density at radius 1 is 1.26 bits per heavy atom. The molecule has 0 radical (unpaired) electrons. The van der Waals surface area contributed by atoms with Crippen molar-refractivity contribution in [3.05, 3.63) is 58.1 Å². The predicted molar refractivity (Wildman–Crippen MR) is 77.7 cm³/mol. The van der Waals surface area contributed by atoms with Crippen LogP contribution in [0.5, 0.6) is 0 Å². The molecule has 1 amide bonds. The molecule has 0 aliphatic heterocycles. The zero-order chi connectivity index (χ0) is 13.8. The van der Waals surface area contributed by atoms with E-state index in [9.17, 15) is 4.79 Å². The van der Waals surface area contributed by atoms with Crippen LogP contribution in [0.2, 0.25) is 0 Å². The molecule has 2 rings (SSSR count). The van der Waals surface area contributed by atoms with Gasteiger partial charge in [0.25, 0.3) is 5.91 Å². The van der Waals surface area contributed by atoms with Crippen molar-refractivity contribution in [1.82, 2.24) is 0 Å². The average molecular weight is 316 g/mol. The van der Waals surface area contributed by atoms with Crippen molar-refractivity contribution < 1.29 is 4.79 Å². The minimum absolute atomic E-state index is 0.283. The molecule has 2 aromatic carbocycles. The molecule has 3 N–H and O–H groups in total. The summed E-state index contributed by atoms with van der Waals surface area (Å²) < 4.78 is 0.559. The van der Waals surface area contributed by atoms with Gasteiger partial charge in [0.2, 0.25) is 0 Å². The molecule has 0 bridgehead atoms. The molecule has 0 saturated carbocycles. The normalized spacial score (nSPS) is 9.68. The van der Waals surface area contributed by atoms with E-state index in [1.807, 2.05) is 6.07 Å². The van der Waals surface area contributed by atoms with E-state index in [1.54, 1.807) is 42.5 Å². The first-order valence-corrected chi connectivity index (χ1v) is 6.26. The number of benzene rings is 2. The van der Waals surface area contributed by atoms with E-state index in [0.29, 0.717) is 27.0 Å². The smallest absolute Gasteiger partial charge is 0.256 e. The second-order valence-electron chi connectivity index (χ2n) is 3.86. The van der Waals surface area contributed by atoms with Crippen molar-refractivity contribution in [2.24, 2.45) is 0 Å². The maximum atomic E-state index is 12.1. The van der Waals surface area contributed by atoms with Crippen LogP contribution in [0, 0.1) is 11.3 Å². The molecule has 4 nitrogen and oxygen atoms in total. The average Bonchev–Trinajstić information content (AvgIpc) is 2.42. The molecule has 0 unspecified atom stereocenters. The Bertz CT molecular complexity index is 677. The minimum Gasteiger partial charge on any atom is -0.398 e. The number of hydrogen-bond acceptors (Lipinski definition) is 3. The van der Waals surface area contributed by atoms with Crippen LogP contribution in [0.4, 0.5) is 11.4 Å². The fourth-order valence-corrected chi connectivity index (χ4v) is 2.03. The van der Waals surface area contributed by atoms with Gasteiger partial charge in [0, 0.05) is 11.4 Å². The summed E-state index contributed by atoms with van der Waals surface area (Å²) in [5, 5.41) is 11.5. The fourth-order valence-electron chi connectivity index (χ4n) is 1.59. The largest absolute Gasteiger partial charge is 0.398 e. The van der Waals surface area contributed by atoms with Crippen LogP contribution >= 0.6 is 15.9 Å². The molecule has 0 aliphatic carbocycles. The number of hydrogen-bond donors (Lipinski definition) is 2. The van der Waals surface area contributed by atoms with Crippen LogP contribution in [0.3, 0.4) is 0 Å². The van der Waals surface area contributed by atoms with Gasteiger partial charge in [-0.15, -0.1) is 0 Å². The molecule has 0 fully saturated rings. The number of amides is 1. The van der Waals surface area contributed by atoms with Gasteiger partial charge in [0.05, 0.1) is 21.7 Å². The first-order chi connectivity index (χ1) is 9.11. The predicted octanol–water partition coefficient (Wildman–Crippen LogP) is 3.16. The highest BCUT2D eigenvalue weighted by Gasteiger charge is 2.11. The third-order valence-corrected chi connectivity index (χ3v) is 3.41. The molecule has 0 heterocycles. The number of anilines is 2. The van der Waals surface area contributed by atoms with Crippen molar-refractivity contribution in [3.8, 4) is 6.07 Å². The van der Waals surface area contributed by atoms with E-state index in [0.717, 1.165) is 0 Å². The van der Waals surface area contributed by atoms with Crippen LogP contribution < -0.4 is 11.1 Å². The number of carbonyl (C=O) groups is 1. The van der Waals surface area contributed by atoms with Crippen molar-refractivity contribution in [2.45, 2.75) is 0 Å². The van der Waals surface area contributed by atoms with Crippen LogP contribution in [0.25, 0.3) is 0 Å². The Morgan fingerprint density at radius 2 is 2.00 bits per heavy atom. The molecule has 0 aliphatic rings. The highest BCUT2D eigenvalue weighted by atomic mass is 79.9. The highest BCUT2D eigenvalue weighted by molar-refractivity contribution is 9.10. The maximum Gasteiger partial charge on any atom is 0.256 e. The van der Waals surface area contributed by atoms with E-state index in [1.165, 1.54) is 0 Å². The fraction of sp³-hybridized carbons (Fsp3) is 0. The van der Waals surface area contributed by atoms with Gasteiger partial charge in [-0.05, 0) is 46.3 Å². The van der Waals surface area contributed by atoms with E-state index in [4.69, 9.17) is 11.0 Å². The number of carbonyl (C=O) groups excluding carboxylic acids is 1. The third-order valence-electron chi connectivity index (χ3n) is 2.52. The second kappa shape index (κ2) is 5.55. The summed E-state index contributed by atoms with van der Waals surface area (Å²) in [4.78, 5) is 12.1. The number of nitriles is 1. The SMILES string of the molecule is N#Cc1cccc(NC(=O)c2cccc(N)c2Br)c1. The molecule has 0 spiro atoms. The maximum absolute atomic E-state index is 12.1. The van der Waals surface area contributed by atoms with E-state index < -0.39 is 0 Å². The monoisotopic (exact) mass is 315 g/mol. The van der Waals surface area contributed by atoms with Gasteiger partial charge in [-0.1, -0.05) is 12.1 Å². The van der Waals surface area contributed by atoms with Crippen molar-refractivity contribution >= 4 is 33.2 Å². The van der Waals surface area contributed by atoms with Crippen molar-refractivity contribution in [1.29, 1.82) is 5.26 Å². The first kappa shape index (κ1) is 13.1. The van der Waals surface area contributed by atoms with Gasteiger partial charge < -0.3 is 11.1 Å². The molecule has 0 atom stereocenters. The summed E-state index contributed by atoms with van der Waals surface area (Å²) in [6.45, 7) is 0. The summed E-state index contributed by atoms with van der Waals surface area (Å²) in [6.07, 6.45) is 0. The molecule has 0 saturated heterocycles. The molecule has 94 valence electrons. The minimum atomic E-state index is -0.283. The molecule has 2 aromatic rings. The lowest BCUT2D eigenvalue weighted by Crippen LogP contribution is -2.13. The number of nitrogen functional groups attached to an aromatic ring is 1. The van der Waals surface area contributed by atoms with Gasteiger partial charge in [0.15, 0.2) is 0 Å². The topological polar surface area (TPSA) is 78.9 Å². The van der Waals surface area contributed by atoms with Crippen LogP contribution in [-0.4, -0.2) is 5.91 Å². The Morgan fingerprint density at radius 3 is 2.74 bits per heavy atom. The molecule has 19 heavy (non-hydrogen) atoms. The molecule has 0 aromatic heterocycles. The van der Waals surface area contributed by atoms with E-state index in [2.05, 4.69) is 21.2 Å². The quantitative estimate of drug-likeness (QED) is 0.835. The Labute approximate surface area is 119 Å². The number of rotatable bonds is 2. The third kappa shape index (κ3) is 2.92. The van der Waals surface area contributed by atoms with Gasteiger partial charge in [-0.25, -0.2) is 0 Å². The Balaban J connectivity index is 2.26. The Kier molecular flexibility index (Phi) is 3.83. The first-order valence-electron chi connectivity index (χ1n) is 5.47. The summed E-state index contributed by atoms with van der Waals surface area (Å²) in [5.74, 6) is -0.283. The standard InChI is InChI=1S/C14H10BrN3O/c15-13-11(5-2-6-12(13)17)14(19)18-10-4-1-3-9(7-10)8-16/h1-7H,17H2,(H,18,19). The Hall–Kier alpha value is -2.32. The lowest BCUT2D eigenvalue weighted by Gasteiger charge is -2.08. The van der Waals surface area contributed by atoms with Gasteiger partial charge in [-0.2, -0.15) is 5.26 Å². The van der Waals surface area contributed by atoms with Crippen molar-refractivity contribution in [2.75, 3.05) is 11.1 Å². The van der Waals surface area contributed by atoms with Gasteiger partial charge >= 0.3 is 0 Å². The van der Waals surface area contributed by atoms with Crippen LogP contribution in [0.15, 0.2) is 46.9 Å². The molecular weight excluding hydrogens is 306 g/mol. The van der Waals surface area contributed by atoms with E-state index >= 15 is 0 Å². The molecular formula is C14H10BrN3O. The highest BCUT2D eigenvalue weighted by Crippen LogP contribution is 2.24. The lowest BCUT2D eigenvalue weighted by molar-refractivity contribution is 0.102. The van der Waals surface area contributed by atoms with Gasteiger partial charge in [0.1, 0.15) is 0 Å². The van der Waals surface area contributed by atoms with Crippen molar-refractivity contribution in [3.63, 3.8) is 0 Å². The zero-order valence-corrected chi connectivity index (χ0v) is 11.4. The summed E-state index contributed by atoms with van der Waals surface area (Å²) in [6, 6.07) is 13.8. The summed E-state index contributed by atoms with van der Waals surface area (Å²) in [7, 11) is 0. The summed E-state index contributed by atoms with van der Waals surface area (Å²) >= 11 is 3.28. The number of halogens is 1. The number of nitrogens with zero attached hydrogens (tertiary/aromatic N) is 1. The lowest BCUT2D eigenvalue weighted by atomic mass is 10.1. The van der Waals surface area contributed by atoms with E-state index in [-0.39, 0.29) is 5.91 Å². The number of nitrogens with two attached hydrogens (primary N) is 1. The summed E-state index contributed by atoms with van der Waals surface area (Å²) in [5.41, 5.74) is 7.73. The second-order valence-corrected chi connectivity index (χ2v) is 4.65. The number of nitrogens with one attached hydrogen (secondary N) is 1. The van der Waals surface area contributed by atoms with Crippen LogP contribution in [0.1, 0.15) is 15.9 Å². The zero-order valence-electron chi connectivity index (χ0n) is 9.85. The van der Waals surface area contributed by atoms with Gasteiger partial charge in [-0.3, -0.25) is 4.79 Å². The molecule has 5 heteroatoms.